The van der Waals surface area contributed by atoms with Gasteiger partial charge in [0.05, 0.1) is 11.0 Å². The van der Waals surface area contributed by atoms with Crippen LogP contribution in [0.1, 0.15) is 68.1 Å². The molecule has 4 bridgehead atoms. The molecule has 1 aliphatic heterocycles. The molecule has 146 valence electrons. The number of hydrogen-bond donors (Lipinski definition) is 1. The van der Waals surface area contributed by atoms with E-state index in [9.17, 15) is 9.90 Å². The molecule has 0 unspecified atom stereocenters. The fourth-order valence-corrected chi connectivity index (χ4v) is 7.31. The zero-order chi connectivity index (χ0) is 18.8. The zero-order valence-corrected chi connectivity index (χ0v) is 16.8. The number of nitrogens with zero attached hydrogens (tertiary/aromatic N) is 1. The second-order valence-corrected chi connectivity index (χ2v) is 10.3. The SMILES string of the molecule is Cc1cccc(C2(O)CCN(C(=O)C34CC5CC(CC(C5)C3)C4)CC2)c1C. The predicted octanol–water partition coefficient (Wildman–Crippen LogP) is 4.33. The van der Waals surface area contributed by atoms with E-state index in [4.69, 9.17) is 0 Å². The first-order valence-electron chi connectivity index (χ1n) is 11.0. The standard InChI is InChI=1S/C24H33NO2/c1-16-4-3-5-21(17(16)2)24(27)6-8-25(9-7-24)22(26)23-13-18-10-19(14-23)12-20(11-18)15-23/h3-5,18-20,27H,6-15H2,1-2H3. The third-order valence-corrected chi connectivity index (χ3v) is 8.48. The minimum absolute atomic E-state index is 0.0521. The number of rotatable bonds is 2. The van der Waals surface area contributed by atoms with Crippen molar-refractivity contribution in [1.29, 1.82) is 0 Å². The Labute approximate surface area is 163 Å². The molecule has 6 rings (SSSR count). The van der Waals surface area contributed by atoms with Crippen LogP contribution in [0.5, 0.6) is 0 Å². The lowest BCUT2D eigenvalue weighted by Gasteiger charge is -2.57. The smallest absolute Gasteiger partial charge is 0.228 e. The molecular formula is C24H33NO2. The van der Waals surface area contributed by atoms with Crippen molar-refractivity contribution in [3.8, 4) is 0 Å². The van der Waals surface area contributed by atoms with Crippen LogP contribution in [0.3, 0.4) is 0 Å². The minimum Gasteiger partial charge on any atom is -0.385 e. The van der Waals surface area contributed by atoms with Gasteiger partial charge < -0.3 is 10.0 Å². The summed E-state index contributed by atoms with van der Waals surface area (Å²) in [4.78, 5) is 15.7. The maximum absolute atomic E-state index is 13.6. The highest BCUT2D eigenvalue weighted by Crippen LogP contribution is 2.60. The Morgan fingerprint density at radius 1 is 1.00 bits per heavy atom. The average Bonchev–Trinajstić information content (AvgIpc) is 2.63. The maximum atomic E-state index is 13.6. The molecule has 4 saturated carbocycles. The van der Waals surface area contributed by atoms with Gasteiger partial charge >= 0.3 is 0 Å². The summed E-state index contributed by atoms with van der Waals surface area (Å²) in [7, 11) is 0. The molecule has 5 aliphatic rings. The van der Waals surface area contributed by atoms with E-state index in [2.05, 4.69) is 30.9 Å². The first-order chi connectivity index (χ1) is 12.9. The van der Waals surface area contributed by atoms with Gasteiger partial charge in [0.2, 0.25) is 5.91 Å². The molecule has 3 heteroatoms. The Balaban J connectivity index is 1.32. The molecule has 1 heterocycles. The summed E-state index contributed by atoms with van der Waals surface area (Å²) in [5.41, 5.74) is 2.65. The van der Waals surface area contributed by atoms with E-state index < -0.39 is 5.60 Å². The highest BCUT2D eigenvalue weighted by atomic mass is 16.3. The lowest BCUT2D eigenvalue weighted by atomic mass is 9.49. The van der Waals surface area contributed by atoms with E-state index in [1.165, 1.54) is 30.4 Å². The molecule has 1 amide bonds. The third kappa shape index (κ3) is 2.76. The molecule has 1 saturated heterocycles. The van der Waals surface area contributed by atoms with E-state index in [0.29, 0.717) is 31.8 Å². The molecule has 1 N–H and O–H groups in total. The molecule has 1 aromatic carbocycles. The Kier molecular flexibility index (Phi) is 3.99. The summed E-state index contributed by atoms with van der Waals surface area (Å²) >= 11 is 0. The van der Waals surface area contributed by atoms with Crippen molar-refractivity contribution in [2.75, 3.05) is 13.1 Å². The van der Waals surface area contributed by atoms with E-state index in [1.807, 2.05) is 6.07 Å². The number of hydrogen-bond acceptors (Lipinski definition) is 2. The van der Waals surface area contributed by atoms with Gasteiger partial charge in [0.1, 0.15) is 0 Å². The minimum atomic E-state index is -0.783. The van der Waals surface area contributed by atoms with Crippen molar-refractivity contribution in [1.82, 2.24) is 4.90 Å². The van der Waals surface area contributed by atoms with Crippen LogP contribution in [0.15, 0.2) is 18.2 Å². The number of likely N-dealkylation sites (tertiary alicyclic amines) is 1. The van der Waals surface area contributed by atoms with Gasteiger partial charge in [-0.2, -0.15) is 0 Å². The highest BCUT2D eigenvalue weighted by Gasteiger charge is 2.56. The quantitative estimate of drug-likeness (QED) is 0.845. The fourth-order valence-electron chi connectivity index (χ4n) is 7.31. The van der Waals surface area contributed by atoms with Crippen LogP contribution < -0.4 is 0 Å². The molecule has 0 atom stereocenters. The maximum Gasteiger partial charge on any atom is 0.228 e. The van der Waals surface area contributed by atoms with Gasteiger partial charge in [-0.25, -0.2) is 0 Å². The van der Waals surface area contributed by atoms with Crippen LogP contribution in [-0.4, -0.2) is 29.0 Å². The Hall–Kier alpha value is -1.35. The zero-order valence-electron chi connectivity index (χ0n) is 16.8. The Morgan fingerprint density at radius 3 is 2.11 bits per heavy atom. The molecule has 3 nitrogen and oxygen atoms in total. The highest BCUT2D eigenvalue weighted by molar-refractivity contribution is 5.83. The van der Waals surface area contributed by atoms with Crippen molar-refractivity contribution in [3.63, 3.8) is 0 Å². The molecule has 0 aromatic heterocycles. The number of benzene rings is 1. The van der Waals surface area contributed by atoms with E-state index in [0.717, 1.165) is 42.6 Å². The van der Waals surface area contributed by atoms with Crippen LogP contribution in [-0.2, 0) is 10.4 Å². The van der Waals surface area contributed by atoms with Gasteiger partial charge in [0.25, 0.3) is 0 Å². The molecule has 0 radical (unpaired) electrons. The van der Waals surface area contributed by atoms with Gasteiger partial charge in [-0.3, -0.25) is 4.79 Å². The van der Waals surface area contributed by atoms with Crippen molar-refractivity contribution in [3.05, 3.63) is 34.9 Å². The summed E-state index contributed by atoms with van der Waals surface area (Å²) in [6.45, 7) is 5.61. The van der Waals surface area contributed by atoms with Crippen molar-refractivity contribution in [2.45, 2.75) is 70.8 Å². The van der Waals surface area contributed by atoms with Gasteiger partial charge in [-0.1, -0.05) is 18.2 Å². The van der Waals surface area contributed by atoms with Gasteiger partial charge in [-0.15, -0.1) is 0 Å². The molecule has 4 aliphatic carbocycles. The van der Waals surface area contributed by atoms with Gasteiger partial charge in [0, 0.05) is 13.1 Å². The first kappa shape index (κ1) is 17.7. The Morgan fingerprint density at radius 2 is 1.56 bits per heavy atom. The summed E-state index contributed by atoms with van der Waals surface area (Å²) in [6, 6.07) is 6.22. The average molecular weight is 368 g/mol. The number of piperidine rings is 1. The number of aliphatic hydroxyl groups is 1. The topological polar surface area (TPSA) is 40.5 Å². The third-order valence-electron chi connectivity index (χ3n) is 8.48. The Bertz CT molecular complexity index is 724. The summed E-state index contributed by atoms with van der Waals surface area (Å²) in [5, 5.41) is 11.3. The van der Waals surface area contributed by atoms with Crippen molar-refractivity contribution >= 4 is 5.91 Å². The first-order valence-corrected chi connectivity index (χ1v) is 11.0. The van der Waals surface area contributed by atoms with E-state index in [1.54, 1.807) is 0 Å². The normalized spacial score (nSPS) is 36.9. The monoisotopic (exact) mass is 367 g/mol. The number of aryl methyl sites for hydroxylation is 1. The van der Waals surface area contributed by atoms with Crippen molar-refractivity contribution < 1.29 is 9.90 Å². The molecular weight excluding hydrogens is 334 g/mol. The predicted molar refractivity (Wildman–Crippen MR) is 106 cm³/mol. The van der Waals surface area contributed by atoms with E-state index in [-0.39, 0.29) is 5.41 Å². The van der Waals surface area contributed by atoms with Crippen LogP contribution in [0.25, 0.3) is 0 Å². The van der Waals surface area contributed by atoms with Gasteiger partial charge in [-0.05, 0) is 99.7 Å². The summed E-state index contributed by atoms with van der Waals surface area (Å²) < 4.78 is 0. The summed E-state index contributed by atoms with van der Waals surface area (Å²) in [6.07, 6.45) is 8.85. The number of carbonyl (C=O) groups excluding carboxylic acids is 1. The van der Waals surface area contributed by atoms with Crippen molar-refractivity contribution in [2.24, 2.45) is 23.2 Å². The molecule has 0 spiro atoms. The molecule has 5 fully saturated rings. The van der Waals surface area contributed by atoms with Gasteiger partial charge in [0.15, 0.2) is 0 Å². The molecule has 1 aromatic rings. The number of amides is 1. The van der Waals surface area contributed by atoms with Crippen LogP contribution >= 0.6 is 0 Å². The lowest BCUT2D eigenvalue weighted by Crippen LogP contribution is -2.56. The van der Waals surface area contributed by atoms with E-state index >= 15 is 0 Å². The summed E-state index contributed by atoms with van der Waals surface area (Å²) in [5.74, 6) is 2.83. The number of carbonyl (C=O) groups is 1. The molecule has 27 heavy (non-hydrogen) atoms. The second kappa shape index (κ2) is 6.07. The van der Waals surface area contributed by atoms with Crippen LogP contribution in [0, 0.1) is 37.0 Å². The fraction of sp³-hybridized carbons (Fsp3) is 0.708. The lowest BCUT2D eigenvalue weighted by molar-refractivity contribution is -0.161. The largest absolute Gasteiger partial charge is 0.385 e. The van der Waals surface area contributed by atoms with Crippen LogP contribution in [0.2, 0.25) is 0 Å². The second-order valence-electron chi connectivity index (χ2n) is 10.3. The van der Waals surface area contributed by atoms with Crippen LogP contribution in [0.4, 0.5) is 0 Å².